The zero-order chi connectivity index (χ0) is 26.8. The number of imide groups is 1. The number of carbonyl (C=O) groups is 5. The lowest BCUT2D eigenvalue weighted by atomic mass is 9.85. The number of hydrogen-bond donors (Lipinski definition) is 0. The van der Waals surface area contributed by atoms with Crippen LogP contribution >= 0.6 is 22.9 Å². The number of ether oxygens (including phenoxy) is 1. The van der Waals surface area contributed by atoms with Crippen molar-refractivity contribution in [2.45, 2.75) is 12.8 Å². The van der Waals surface area contributed by atoms with Crippen molar-refractivity contribution in [1.82, 2.24) is 10.0 Å². The molecule has 10 heteroatoms. The van der Waals surface area contributed by atoms with Gasteiger partial charge in [0.25, 0.3) is 17.7 Å². The second kappa shape index (κ2) is 10.7. The molecule has 0 unspecified atom stereocenters. The van der Waals surface area contributed by atoms with E-state index in [1.807, 2.05) is 12.2 Å². The van der Waals surface area contributed by atoms with Gasteiger partial charge in [-0.25, -0.2) is 9.80 Å². The number of rotatable bonds is 7. The number of allylic oxidation sites excluding steroid dienone is 2. The summed E-state index contributed by atoms with van der Waals surface area (Å²) in [6, 6.07) is 15.2. The number of esters is 1. The van der Waals surface area contributed by atoms with Crippen molar-refractivity contribution < 1.29 is 28.7 Å². The van der Waals surface area contributed by atoms with E-state index >= 15 is 0 Å². The third-order valence-electron chi connectivity index (χ3n) is 6.45. The number of nitrogens with zero attached hydrogens (tertiary/aromatic N) is 2. The summed E-state index contributed by atoms with van der Waals surface area (Å²) in [5.74, 6) is -3.59. The van der Waals surface area contributed by atoms with Gasteiger partial charge in [-0.3, -0.25) is 19.2 Å². The van der Waals surface area contributed by atoms with Crippen LogP contribution in [0, 0.1) is 11.8 Å². The Bertz CT molecular complexity index is 1410. The molecule has 1 fully saturated rings. The van der Waals surface area contributed by atoms with Crippen LogP contribution in [0.3, 0.4) is 0 Å². The molecule has 2 aliphatic rings. The average molecular weight is 549 g/mol. The van der Waals surface area contributed by atoms with Crippen LogP contribution in [0.2, 0.25) is 5.02 Å². The van der Waals surface area contributed by atoms with Crippen LogP contribution in [-0.4, -0.2) is 46.0 Å². The molecule has 3 aromatic rings. The van der Waals surface area contributed by atoms with Crippen molar-refractivity contribution in [1.29, 1.82) is 0 Å². The fourth-order valence-electron chi connectivity index (χ4n) is 4.48. The number of halogens is 1. The highest BCUT2D eigenvalue weighted by Crippen LogP contribution is 2.36. The smallest absolute Gasteiger partial charge is 0.353 e. The van der Waals surface area contributed by atoms with Gasteiger partial charge in [0, 0.05) is 16.1 Å². The Balaban J connectivity index is 1.38. The first kappa shape index (κ1) is 25.6. The van der Waals surface area contributed by atoms with Crippen molar-refractivity contribution in [3.63, 3.8) is 0 Å². The molecule has 0 bridgehead atoms. The number of hydrazine groups is 1. The molecule has 1 aromatic heterocycles. The zero-order valence-electron chi connectivity index (χ0n) is 19.9. The molecule has 0 N–H and O–H groups in total. The average Bonchev–Trinajstić information content (AvgIpc) is 3.56. The van der Waals surface area contributed by atoms with Crippen LogP contribution in [0.25, 0.3) is 0 Å². The molecule has 2 aromatic carbocycles. The maximum absolute atomic E-state index is 13.5. The normalized spacial score (nSPS) is 18.3. The van der Waals surface area contributed by atoms with Gasteiger partial charge in [-0.15, -0.1) is 11.3 Å². The Kier molecular flexibility index (Phi) is 7.22. The summed E-state index contributed by atoms with van der Waals surface area (Å²) >= 11 is 7.20. The maximum atomic E-state index is 13.5. The SMILES string of the molecule is O=C(CN(C(=O)c1ccc(Cl)cc1)N1C(=O)[C@@H]2CC=CC[C@H]2C1=O)c1ccc(OC(=O)c2cccs2)cc1. The monoisotopic (exact) mass is 548 g/mol. The Hall–Kier alpha value is -4.08. The molecule has 1 saturated heterocycles. The summed E-state index contributed by atoms with van der Waals surface area (Å²) in [6.45, 7) is -0.542. The van der Waals surface area contributed by atoms with Gasteiger partial charge >= 0.3 is 5.97 Å². The largest absolute Gasteiger partial charge is 0.422 e. The molecule has 3 amide bonds. The molecule has 2 atom stereocenters. The van der Waals surface area contributed by atoms with Crippen molar-refractivity contribution >= 4 is 52.4 Å². The van der Waals surface area contributed by atoms with Crippen LogP contribution in [0.5, 0.6) is 5.75 Å². The maximum Gasteiger partial charge on any atom is 0.353 e. The molecule has 8 nitrogen and oxygen atoms in total. The third-order valence-corrected chi connectivity index (χ3v) is 7.56. The molecule has 192 valence electrons. The van der Waals surface area contributed by atoms with Crippen LogP contribution in [-0.2, 0) is 9.59 Å². The molecule has 0 saturated carbocycles. The number of carbonyl (C=O) groups excluding carboxylic acids is 5. The van der Waals surface area contributed by atoms with Crippen molar-refractivity contribution in [3.8, 4) is 5.75 Å². The van der Waals surface area contributed by atoms with Crippen LogP contribution < -0.4 is 4.74 Å². The first-order chi connectivity index (χ1) is 18.3. The quantitative estimate of drug-likeness (QED) is 0.138. The molecular formula is C28H21ClN2O6S. The van der Waals surface area contributed by atoms with Gasteiger partial charge in [-0.05, 0) is 72.8 Å². The number of hydrogen-bond acceptors (Lipinski definition) is 7. The fourth-order valence-corrected chi connectivity index (χ4v) is 5.21. The summed E-state index contributed by atoms with van der Waals surface area (Å²) in [6.07, 6.45) is 4.49. The first-order valence-electron chi connectivity index (χ1n) is 11.8. The van der Waals surface area contributed by atoms with Crippen molar-refractivity contribution in [2.75, 3.05) is 6.54 Å². The lowest BCUT2D eigenvalue weighted by Gasteiger charge is -2.30. The molecule has 38 heavy (non-hydrogen) atoms. The van der Waals surface area contributed by atoms with Gasteiger partial charge in [-0.1, -0.05) is 29.8 Å². The lowest BCUT2D eigenvalue weighted by Crippen LogP contribution is -2.52. The van der Waals surface area contributed by atoms with Gasteiger partial charge in [0.05, 0.1) is 11.8 Å². The molecular weight excluding hydrogens is 528 g/mol. The number of thiophene rings is 1. The summed E-state index contributed by atoms with van der Waals surface area (Å²) in [4.78, 5) is 65.9. The van der Waals surface area contributed by atoms with E-state index in [1.165, 1.54) is 59.9 Å². The topological polar surface area (TPSA) is 101 Å². The number of Topliss-reactive ketones (excluding diaryl/α,β-unsaturated/α-hetero) is 1. The summed E-state index contributed by atoms with van der Waals surface area (Å²) < 4.78 is 5.33. The zero-order valence-corrected chi connectivity index (χ0v) is 21.5. The van der Waals surface area contributed by atoms with E-state index < -0.39 is 47.9 Å². The van der Waals surface area contributed by atoms with Gasteiger partial charge in [0.15, 0.2) is 5.78 Å². The minimum Gasteiger partial charge on any atom is -0.422 e. The number of amides is 3. The Morgan fingerprint density at radius 3 is 2.08 bits per heavy atom. The number of benzene rings is 2. The highest BCUT2D eigenvalue weighted by Gasteiger charge is 2.51. The lowest BCUT2D eigenvalue weighted by molar-refractivity contribution is -0.154. The number of ketones is 1. The molecule has 0 spiro atoms. The molecule has 0 radical (unpaired) electrons. The summed E-state index contributed by atoms with van der Waals surface area (Å²) in [7, 11) is 0. The fraction of sp³-hybridized carbons (Fsp3) is 0.179. The van der Waals surface area contributed by atoms with Crippen molar-refractivity contribution in [3.05, 3.63) is 99.2 Å². The van der Waals surface area contributed by atoms with E-state index in [1.54, 1.807) is 17.5 Å². The summed E-state index contributed by atoms with van der Waals surface area (Å²) in [5, 5.41) is 3.92. The molecule has 1 aliphatic heterocycles. The second-order valence-corrected chi connectivity index (χ2v) is 10.2. The molecule has 5 rings (SSSR count). The predicted molar refractivity (Wildman–Crippen MR) is 140 cm³/mol. The molecule has 2 heterocycles. The highest BCUT2D eigenvalue weighted by molar-refractivity contribution is 7.12. The van der Waals surface area contributed by atoms with E-state index in [0.717, 1.165) is 10.0 Å². The van der Waals surface area contributed by atoms with Crippen molar-refractivity contribution in [2.24, 2.45) is 11.8 Å². The highest BCUT2D eigenvalue weighted by atomic mass is 35.5. The standard InChI is InChI=1S/C28H21ClN2O6S/c29-19-11-7-18(8-12-19)25(33)30(31-26(34)21-4-1-2-5-22(21)27(31)35)16-23(32)17-9-13-20(14-10-17)37-28(36)24-6-3-15-38-24/h1-3,6-15,21-22H,4-5,16H2/t21-,22-/m1/s1. The van der Waals surface area contributed by atoms with E-state index in [2.05, 4.69) is 0 Å². The first-order valence-corrected chi connectivity index (χ1v) is 13.1. The van der Waals surface area contributed by atoms with Crippen LogP contribution in [0.1, 0.15) is 43.2 Å². The van der Waals surface area contributed by atoms with Gasteiger partial charge < -0.3 is 4.74 Å². The van der Waals surface area contributed by atoms with E-state index in [4.69, 9.17) is 16.3 Å². The van der Waals surface area contributed by atoms with Crippen LogP contribution in [0.4, 0.5) is 0 Å². The minimum absolute atomic E-state index is 0.173. The predicted octanol–water partition coefficient (Wildman–Crippen LogP) is 4.81. The minimum atomic E-state index is -0.676. The Labute approximate surface area is 227 Å². The van der Waals surface area contributed by atoms with Gasteiger partial charge in [0.2, 0.25) is 0 Å². The third kappa shape index (κ3) is 5.03. The van der Waals surface area contributed by atoms with E-state index in [9.17, 15) is 24.0 Å². The van der Waals surface area contributed by atoms with Gasteiger partial charge in [-0.2, -0.15) is 5.01 Å². The van der Waals surface area contributed by atoms with Crippen LogP contribution in [0.15, 0.2) is 78.2 Å². The summed E-state index contributed by atoms with van der Waals surface area (Å²) in [5.41, 5.74) is 0.389. The molecule has 1 aliphatic carbocycles. The van der Waals surface area contributed by atoms with E-state index in [0.29, 0.717) is 22.7 Å². The second-order valence-electron chi connectivity index (χ2n) is 8.83. The number of fused-ring (bicyclic) bond motifs is 1. The Morgan fingerprint density at radius 1 is 0.895 bits per heavy atom. The van der Waals surface area contributed by atoms with E-state index in [-0.39, 0.29) is 16.9 Å². The Morgan fingerprint density at radius 2 is 1.50 bits per heavy atom. The van der Waals surface area contributed by atoms with Gasteiger partial charge in [0.1, 0.15) is 17.2 Å².